The number of nitrogens with zero attached hydrogens (tertiary/aromatic N) is 1. The fourth-order valence-electron chi connectivity index (χ4n) is 6.01. The van der Waals surface area contributed by atoms with Crippen LogP contribution in [0.25, 0.3) is 0 Å². The van der Waals surface area contributed by atoms with E-state index >= 15 is 0 Å². The highest BCUT2D eigenvalue weighted by Gasteiger charge is 2.39. The van der Waals surface area contributed by atoms with Gasteiger partial charge in [0.05, 0.1) is 10.9 Å². The number of ether oxygens (including phenoxy) is 1. The van der Waals surface area contributed by atoms with Crippen molar-refractivity contribution in [2.75, 3.05) is 18.4 Å². The second kappa shape index (κ2) is 10.3. The van der Waals surface area contributed by atoms with Crippen LogP contribution in [0.2, 0.25) is 0 Å². The molecule has 37 heavy (non-hydrogen) atoms. The van der Waals surface area contributed by atoms with Gasteiger partial charge >= 0.3 is 0 Å². The highest BCUT2D eigenvalue weighted by atomic mass is 32.2. The maximum atomic E-state index is 13.5. The molecule has 2 aliphatic heterocycles. The molecule has 3 aliphatic rings. The Morgan fingerprint density at radius 3 is 2.41 bits per heavy atom. The number of anilines is 1. The second-order valence-electron chi connectivity index (χ2n) is 10.4. The predicted octanol–water partition coefficient (Wildman–Crippen LogP) is 6.66. The number of benzene rings is 3. The van der Waals surface area contributed by atoms with Crippen LogP contribution in [0.4, 0.5) is 5.69 Å². The van der Waals surface area contributed by atoms with Crippen molar-refractivity contribution in [3.8, 4) is 5.75 Å². The average Bonchev–Trinajstić information content (AvgIpc) is 3.26. The molecule has 1 saturated heterocycles. The van der Waals surface area contributed by atoms with E-state index in [2.05, 4.69) is 41.7 Å². The third-order valence-electron chi connectivity index (χ3n) is 8.02. The minimum absolute atomic E-state index is 0.156. The summed E-state index contributed by atoms with van der Waals surface area (Å²) in [7, 11) is -3.48. The maximum Gasteiger partial charge on any atom is 0.243 e. The highest BCUT2D eigenvalue weighted by Crippen LogP contribution is 2.50. The van der Waals surface area contributed by atoms with Gasteiger partial charge in [-0.05, 0) is 72.2 Å². The molecular weight excluding hydrogens is 480 g/mol. The van der Waals surface area contributed by atoms with E-state index in [1.54, 1.807) is 10.4 Å². The van der Waals surface area contributed by atoms with Gasteiger partial charge < -0.3 is 10.1 Å². The first-order chi connectivity index (χ1) is 18.1. The Morgan fingerprint density at radius 2 is 1.65 bits per heavy atom. The minimum Gasteiger partial charge on any atom is -0.489 e. The van der Waals surface area contributed by atoms with E-state index < -0.39 is 10.0 Å². The standard InChI is InChI=1S/C31H34N2O3S/c34-37(35,33-19-6-1-2-7-20-33)26-17-18-30-29(21-26)27-11-8-12-28(27)31(32-30)24-13-15-25(16-14-24)36-22-23-9-4-3-5-10-23/h3-5,8-11,13-18,21,27-28,31-32H,1-2,6-7,12,19-20,22H2. The molecule has 3 atom stereocenters. The molecule has 0 radical (unpaired) electrons. The molecule has 0 bridgehead atoms. The lowest BCUT2D eigenvalue weighted by Crippen LogP contribution is -2.33. The van der Waals surface area contributed by atoms with Gasteiger partial charge in [0, 0.05) is 24.7 Å². The van der Waals surface area contributed by atoms with E-state index in [0.717, 1.165) is 54.7 Å². The van der Waals surface area contributed by atoms with E-state index in [9.17, 15) is 8.42 Å². The SMILES string of the molecule is O=S(=O)(c1ccc2c(c1)C1C=CCC1C(c1ccc(OCc3ccccc3)cc1)N2)N1CCCCCC1. The van der Waals surface area contributed by atoms with Crippen LogP contribution in [0.1, 0.15) is 60.8 Å². The van der Waals surface area contributed by atoms with Crippen LogP contribution in [-0.4, -0.2) is 25.8 Å². The molecule has 0 aromatic heterocycles. The van der Waals surface area contributed by atoms with Gasteiger partial charge in [-0.25, -0.2) is 8.42 Å². The van der Waals surface area contributed by atoms with Gasteiger partial charge in [0.2, 0.25) is 10.0 Å². The van der Waals surface area contributed by atoms with Gasteiger partial charge in [-0.2, -0.15) is 4.31 Å². The third kappa shape index (κ3) is 4.92. The topological polar surface area (TPSA) is 58.6 Å². The fraction of sp³-hybridized carbons (Fsp3) is 0.355. The van der Waals surface area contributed by atoms with Crippen molar-refractivity contribution in [1.29, 1.82) is 0 Å². The molecule has 6 heteroatoms. The summed E-state index contributed by atoms with van der Waals surface area (Å²) in [4.78, 5) is 0.423. The van der Waals surface area contributed by atoms with E-state index in [1.165, 1.54) is 5.56 Å². The van der Waals surface area contributed by atoms with E-state index in [-0.39, 0.29) is 12.0 Å². The van der Waals surface area contributed by atoms with Crippen LogP contribution >= 0.6 is 0 Å². The second-order valence-corrected chi connectivity index (χ2v) is 12.3. The molecule has 3 aromatic carbocycles. The highest BCUT2D eigenvalue weighted by molar-refractivity contribution is 7.89. The van der Waals surface area contributed by atoms with Crippen molar-refractivity contribution in [3.63, 3.8) is 0 Å². The molecule has 3 aromatic rings. The van der Waals surface area contributed by atoms with Crippen molar-refractivity contribution in [2.24, 2.45) is 5.92 Å². The predicted molar refractivity (Wildman–Crippen MR) is 147 cm³/mol. The fourth-order valence-corrected chi connectivity index (χ4v) is 7.56. The molecule has 1 N–H and O–H groups in total. The lowest BCUT2D eigenvalue weighted by atomic mass is 9.77. The normalized spacial score (nSPS) is 23.5. The molecule has 0 saturated carbocycles. The van der Waals surface area contributed by atoms with Crippen molar-refractivity contribution >= 4 is 15.7 Å². The lowest BCUT2D eigenvalue weighted by molar-refractivity contribution is 0.306. The summed E-state index contributed by atoms with van der Waals surface area (Å²) >= 11 is 0. The Kier molecular flexibility index (Phi) is 6.78. The quantitative estimate of drug-likeness (QED) is 0.374. The number of allylic oxidation sites excluding steroid dienone is 2. The summed E-state index contributed by atoms with van der Waals surface area (Å²) < 4.78 is 34.6. The molecule has 192 valence electrons. The summed E-state index contributed by atoms with van der Waals surface area (Å²) in [6.45, 7) is 1.79. The minimum atomic E-state index is -3.48. The smallest absolute Gasteiger partial charge is 0.243 e. The first kappa shape index (κ1) is 24.3. The molecule has 3 unspecified atom stereocenters. The van der Waals surface area contributed by atoms with E-state index in [1.807, 2.05) is 42.5 Å². The zero-order valence-corrected chi connectivity index (χ0v) is 21.9. The third-order valence-corrected chi connectivity index (χ3v) is 9.92. The Hall–Kier alpha value is -3.09. The van der Waals surface area contributed by atoms with E-state index in [0.29, 0.717) is 30.5 Å². The number of fused-ring (bicyclic) bond motifs is 3. The number of hydrogen-bond donors (Lipinski definition) is 1. The monoisotopic (exact) mass is 514 g/mol. The zero-order valence-electron chi connectivity index (χ0n) is 21.1. The van der Waals surface area contributed by atoms with Gasteiger partial charge in [-0.3, -0.25) is 0 Å². The molecule has 1 fully saturated rings. The van der Waals surface area contributed by atoms with Crippen molar-refractivity contribution in [3.05, 3.63) is 102 Å². The first-order valence-corrected chi connectivity index (χ1v) is 14.9. The summed E-state index contributed by atoms with van der Waals surface area (Å²) in [6.07, 6.45) is 9.57. The summed E-state index contributed by atoms with van der Waals surface area (Å²) in [6, 6.07) is 24.4. The molecule has 1 aliphatic carbocycles. The average molecular weight is 515 g/mol. The van der Waals surface area contributed by atoms with Crippen LogP contribution in [-0.2, 0) is 16.6 Å². The van der Waals surface area contributed by atoms with Crippen LogP contribution in [0.5, 0.6) is 5.75 Å². The van der Waals surface area contributed by atoms with Crippen molar-refractivity contribution in [1.82, 2.24) is 4.31 Å². The van der Waals surface area contributed by atoms with Gasteiger partial charge in [-0.15, -0.1) is 0 Å². The van der Waals surface area contributed by atoms with Crippen LogP contribution in [0.15, 0.2) is 89.8 Å². The first-order valence-electron chi connectivity index (χ1n) is 13.4. The zero-order chi connectivity index (χ0) is 25.2. The Morgan fingerprint density at radius 1 is 0.892 bits per heavy atom. The number of rotatable bonds is 6. The van der Waals surface area contributed by atoms with Crippen LogP contribution in [0.3, 0.4) is 0 Å². The van der Waals surface area contributed by atoms with Gasteiger partial charge in [0.15, 0.2) is 0 Å². The Labute approximate surface area is 220 Å². The number of sulfonamides is 1. The molecule has 0 spiro atoms. The molecule has 2 heterocycles. The summed E-state index contributed by atoms with van der Waals surface area (Å²) in [5, 5.41) is 3.74. The molecule has 0 amide bonds. The Balaban J connectivity index is 1.22. The van der Waals surface area contributed by atoms with E-state index in [4.69, 9.17) is 4.74 Å². The van der Waals surface area contributed by atoms with Gasteiger partial charge in [-0.1, -0.05) is 67.5 Å². The summed E-state index contributed by atoms with van der Waals surface area (Å²) in [5.74, 6) is 1.41. The Bertz CT molecular complexity index is 1360. The molecular formula is C31H34N2O3S. The molecule has 6 rings (SSSR count). The largest absolute Gasteiger partial charge is 0.489 e. The number of nitrogens with one attached hydrogen (secondary N) is 1. The lowest BCUT2D eigenvalue weighted by Gasteiger charge is -2.38. The molecule has 5 nitrogen and oxygen atoms in total. The van der Waals surface area contributed by atoms with Crippen LogP contribution < -0.4 is 10.1 Å². The maximum absolute atomic E-state index is 13.5. The number of hydrogen-bond acceptors (Lipinski definition) is 4. The van der Waals surface area contributed by atoms with Crippen molar-refractivity contribution < 1.29 is 13.2 Å². The van der Waals surface area contributed by atoms with Crippen molar-refractivity contribution in [2.45, 2.75) is 55.6 Å². The van der Waals surface area contributed by atoms with Gasteiger partial charge in [0.1, 0.15) is 12.4 Å². The van der Waals surface area contributed by atoms with Crippen LogP contribution in [0, 0.1) is 5.92 Å². The van der Waals surface area contributed by atoms with Gasteiger partial charge in [0.25, 0.3) is 0 Å². The summed E-state index contributed by atoms with van der Waals surface area (Å²) in [5.41, 5.74) is 4.48.